The number of benzene rings is 1. The Balaban J connectivity index is 2.09. The zero-order valence-electron chi connectivity index (χ0n) is 17.7. The van der Waals surface area contributed by atoms with E-state index in [9.17, 15) is 18.0 Å². The van der Waals surface area contributed by atoms with Crippen LogP contribution in [0.2, 0.25) is 5.02 Å². The normalized spacial score (nSPS) is 13.5. The van der Waals surface area contributed by atoms with Gasteiger partial charge in [0.15, 0.2) is 9.84 Å². The second kappa shape index (κ2) is 9.61. The van der Waals surface area contributed by atoms with E-state index in [4.69, 9.17) is 11.6 Å². The Bertz CT molecular complexity index is 1050. The summed E-state index contributed by atoms with van der Waals surface area (Å²) in [5.41, 5.74) is 2.40. The van der Waals surface area contributed by atoms with Crippen molar-refractivity contribution in [3.8, 4) is 0 Å². The van der Waals surface area contributed by atoms with Crippen molar-refractivity contribution in [1.29, 1.82) is 0 Å². The van der Waals surface area contributed by atoms with Gasteiger partial charge in [-0.1, -0.05) is 18.5 Å². The Labute approximate surface area is 181 Å². The van der Waals surface area contributed by atoms with E-state index in [0.717, 1.165) is 11.4 Å². The van der Waals surface area contributed by atoms with Crippen LogP contribution in [0.3, 0.4) is 0 Å². The molecule has 2 amide bonds. The molecule has 2 atom stereocenters. The van der Waals surface area contributed by atoms with Crippen molar-refractivity contribution in [3.05, 3.63) is 40.7 Å². The molecule has 1 heterocycles. The van der Waals surface area contributed by atoms with Gasteiger partial charge in [-0.3, -0.25) is 14.3 Å². The molecule has 0 aliphatic carbocycles. The second-order valence-corrected chi connectivity index (χ2v) is 10.1. The Morgan fingerprint density at radius 3 is 2.33 bits per heavy atom. The summed E-state index contributed by atoms with van der Waals surface area (Å²) in [4.78, 5) is 24.9. The fraction of sp³-hybridized carbons (Fsp3) is 0.450. The van der Waals surface area contributed by atoms with Crippen LogP contribution in [0.1, 0.15) is 44.6 Å². The van der Waals surface area contributed by atoms with Gasteiger partial charge in [0, 0.05) is 11.4 Å². The number of aryl methyl sites for hydroxylation is 2. The van der Waals surface area contributed by atoms with E-state index in [-0.39, 0.29) is 16.7 Å². The number of aromatic nitrogens is 2. The van der Waals surface area contributed by atoms with Crippen molar-refractivity contribution in [3.63, 3.8) is 0 Å². The van der Waals surface area contributed by atoms with E-state index in [1.54, 1.807) is 30.7 Å². The monoisotopic (exact) mass is 454 g/mol. The smallest absolute Gasteiger partial charge is 0.248 e. The predicted octanol–water partition coefficient (Wildman–Crippen LogP) is 3.50. The highest BCUT2D eigenvalue weighted by Gasteiger charge is 2.27. The average molecular weight is 455 g/mol. The molecule has 0 saturated heterocycles. The molecule has 2 N–H and O–H groups in total. The molecule has 164 valence electrons. The van der Waals surface area contributed by atoms with Gasteiger partial charge in [-0.2, -0.15) is 5.10 Å². The maximum absolute atomic E-state index is 12.6. The third-order valence-electron chi connectivity index (χ3n) is 4.68. The Morgan fingerprint density at radius 2 is 1.80 bits per heavy atom. The lowest BCUT2D eigenvalue weighted by atomic mass is 10.2. The third-order valence-corrected chi connectivity index (χ3v) is 7.26. The van der Waals surface area contributed by atoms with Gasteiger partial charge in [-0.15, -0.1) is 0 Å². The molecule has 30 heavy (non-hydrogen) atoms. The number of hydrogen-bond acceptors (Lipinski definition) is 5. The summed E-state index contributed by atoms with van der Waals surface area (Å²) in [6, 6.07) is 5.90. The first-order valence-corrected chi connectivity index (χ1v) is 11.7. The number of nitrogens with one attached hydrogen (secondary N) is 2. The predicted molar refractivity (Wildman–Crippen MR) is 119 cm³/mol. The van der Waals surface area contributed by atoms with Crippen molar-refractivity contribution in [2.24, 2.45) is 0 Å². The number of rotatable bonds is 8. The first-order chi connectivity index (χ1) is 14.0. The van der Waals surface area contributed by atoms with Crippen LogP contribution in [-0.4, -0.2) is 41.0 Å². The molecule has 0 aliphatic heterocycles. The summed E-state index contributed by atoms with van der Waals surface area (Å²) in [6.45, 7) is 8.55. The Morgan fingerprint density at radius 1 is 1.13 bits per heavy atom. The molecular weight excluding hydrogens is 428 g/mol. The van der Waals surface area contributed by atoms with E-state index in [1.807, 2.05) is 19.9 Å². The number of sulfone groups is 1. The second-order valence-electron chi connectivity index (χ2n) is 7.23. The maximum atomic E-state index is 12.6. The molecule has 2 aromatic rings. The summed E-state index contributed by atoms with van der Waals surface area (Å²) in [7, 11) is -3.51. The number of halogens is 1. The van der Waals surface area contributed by atoms with Crippen molar-refractivity contribution >= 4 is 44.6 Å². The summed E-state index contributed by atoms with van der Waals surface area (Å²) >= 11 is 6.26. The zero-order chi connectivity index (χ0) is 22.6. The average Bonchev–Trinajstić information content (AvgIpc) is 3.00. The molecule has 1 aromatic heterocycles. The number of amides is 2. The van der Waals surface area contributed by atoms with Gasteiger partial charge in [-0.25, -0.2) is 8.42 Å². The molecule has 8 nitrogen and oxygen atoms in total. The molecule has 0 bridgehead atoms. The van der Waals surface area contributed by atoms with Gasteiger partial charge in [-0.05, 0) is 58.4 Å². The van der Waals surface area contributed by atoms with E-state index in [0.29, 0.717) is 17.8 Å². The summed E-state index contributed by atoms with van der Waals surface area (Å²) in [5.74, 6) is -0.977. The van der Waals surface area contributed by atoms with Crippen molar-refractivity contribution in [2.45, 2.75) is 52.3 Å². The fourth-order valence-electron chi connectivity index (χ4n) is 2.95. The summed E-state index contributed by atoms with van der Waals surface area (Å²) in [6.07, 6.45) is 0.441. The number of nitrogens with zero attached hydrogens (tertiary/aromatic N) is 2. The van der Waals surface area contributed by atoms with Crippen LogP contribution in [0.25, 0.3) is 0 Å². The lowest BCUT2D eigenvalue weighted by Crippen LogP contribution is -2.34. The van der Waals surface area contributed by atoms with Crippen LogP contribution in [-0.2, 0) is 19.4 Å². The molecule has 0 fully saturated rings. The minimum absolute atomic E-state index is 0.0548. The number of hydrogen-bond donors (Lipinski definition) is 2. The van der Waals surface area contributed by atoms with E-state index in [2.05, 4.69) is 15.7 Å². The zero-order valence-corrected chi connectivity index (χ0v) is 19.3. The Hall–Kier alpha value is -2.39. The molecule has 2 rings (SSSR count). The van der Waals surface area contributed by atoms with E-state index < -0.39 is 27.0 Å². The number of carbonyl (C=O) groups is 2. The molecule has 0 aliphatic rings. The summed E-state index contributed by atoms with van der Waals surface area (Å²) < 4.78 is 25.8. The fourth-order valence-corrected chi connectivity index (χ4v) is 4.48. The van der Waals surface area contributed by atoms with E-state index >= 15 is 0 Å². The molecule has 10 heteroatoms. The molecule has 0 spiro atoms. The highest BCUT2D eigenvalue weighted by Crippen LogP contribution is 2.27. The highest BCUT2D eigenvalue weighted by molar-refractivity contribution is 7.92. The largest absolute Gasteiger partial charge is 0.325 e. The van der Waals surface area contributed by atoms with Gasteiger partial charge in [0.2, 0.25) is 11.8 Å². The molecule has 0 saturated carbocycles. The van der Waals surface area contributed by atoms with Crippen LogP contribution in [0.15, 0.2) is 24.3 Å². The third kappa shape index (κ3) is 5.60. The summed E-state index contributed by atoms with van der Waals surface area (Å²) in [5, 5.41) is 8.67. The van der Waals surface area contributed by atoms with Crippen LogP contribution in [0.5, 0.6) is 0 Å². The number of anilines is 2. The van der Waals surface area contributed by atoms with Crippen LogP contribution in [0.4, 0.5) is 11.4 Å². The van der Waals surface area contributed by atoms with Gasteiger partial charge >= 0.3 is 0 Å². The van der Waals surface area contributed by atoms with Gasteiger partial charge < -0.3 is 10.6 Å². The minimum Gasteiger partial charge on any atom is -0.325 e. The van der Waals surface area contributed by atoms with Crippen molar-refractivity contribution in [1.82, 2.24) is 9.78 Å². The molecule has 1 aromatic carbocycles. The van der Waals surface area contributed by atoms with Crippen molar-refractivity contribution < 1.29 is 18.0 Å². The lowest BCUT2D eigenvalue weighted by molar-refractivity contribution is -0.119. The lowest BCUT2D eigenvalue weighted by Gasteiger charge is -2.16. The quantitative estimate of drug-likeness (QED) is 0.634. The van der Waals surface area contributed by atoms with Crippen LogP contribution < -0.4 is 10.6 Å². The standard InChI is InChI=1S/C20H27ClN4O4S/c1-6-9-30(28,29)15(5)20(27)22-16-7-8-18(17(21)11-16)23-19(26)14(4)25-13(3)10-12(2)24-25/h7-8,10-11,14-15H,6,9H2,1-5H3,(H,22,27)(H,23,26). The van der Waals surface area contributed by atoms with Crippen LogP contribution >= 0.6 is 11.6 Å². The van der Waals surface area contributed by atoms with Crippen LogP contribution in [0, 0.1) is 13.8 Å². The SMILES string of the molecule is CCCS(=O)(=O)C(C)C(=O)Nc1ccc(NC(=O)C(C)n2nc(C)cc2C)c(Cl)c1. The topological polar surface area (TPSA) is 110 Å². The van der Waals surface area contributed by atoms with Gasteiger partial charge in [0.05, 0.1) is 22.2 Å². The van der Waals surface area contributed by atoms with Gasteiger partial charge in [0.25, 0.3) is 0 Å². The first-order valence-electron chi connectivity index (χ1n) is 9.61. The van der Waals surface area contributed by atoms with E-state index in [1.165, 1.54) is 13.0 Å². The maximum Gasteiger partial charge on any atom is 0.248 e. The Kier molecular flexibility index (Phi) is 7.65. The minimum atomic E-state index is -3.51. The van der Waals surface area contributed by atoms with Crippen molar-refractivity contribution in [2.75, 3.05) is 16.4 Å². The number of carbonyl (C=O) groups excluding carboxylic acids is 2. The highest BCUT2D eigenvalue weighted by atomic mass is 35.5. The molecule has 2 unspecified atom stereocenters. The molecular formula is C20H27ClN4O4S. The van der Waals surface area contributed by atoms with Gasteiger partial charge in [0.1, 0.15) is 11.3 Å². The molecule has 0 radical (unpaired) electrons. The first kappa shape index (κ1) is 23.9.